The quantitative estimate of drug-likeness (QED) is 0.852. The van der Waals surface area contributed by atoms with Gasteiger partial charge in [0.15, 0.2) is 0 Å². The number of amides is 2. The summed E-state index contributed by atoms with van der Waals surface area (Å²) in [5.41, 5.74) is 2.56. The van der Waals surface area contributed by atoms with Crippen molar-refractivity contribution in [2.45, 2.75) is 13.8 Å². The lowest BCUT2D eigenvalue weighted by Gasteiger charge is -2.12. The van der Waals surface area contributed by atoms with Crippen molar-refractivity contribution < 1.29 is 9.59 Å². The molecule has 0 aromatic heterocycles. The monoisotopic (exact) mass is 234 g/mol. The van der Waals surface area contributed by atoms with E-state index in [9.17, 15) is 9.59 Å². The number of nitrogens with zero attached hydrogens (tertiary/aromatic N) is 1. The Balaban J connectivity index is 2.70. The zero-order chi connectivity index (χ0) is 13.0. The molecule has 0 aliphatic rings. The second-order valence-corrected chi connectivity index (χ2v) is 4.29. The van der Waals surface area contributed by atoms with Gasteiger partial charge in [0.2, 0.25) is 5.91 Å². The third-order valence-electron chi connectivity index (χ3n) is 2.54. The summed E-state index contributed by atoms with van der Waals surface area (Å²) in [6, 6.07) is 5.68. The molecule has 0 saturated heterocycles. The lowest BCUT2D eigenvalue weighted by atomic mass is 10.1. The van der Waals surface area contributed by atoms with Gasteiger partial charge in [0.05, 0.1) is 6.54 Å². The number of carbonyl (C=O) groups excluding carboxylic acids is 2. The number of carbonyl (C=O) groups is 2. The Kier molecular flexibility index (Phi) is 4.26. The van der Waals surface area contributed by atoms with Crippen LogP contribution < -0.4 is 5.32 Å². The molecule has 1 aromatic carbocycles. The summed E-state index contributed by atoms with van der Waals surface area (Å²) in [7, 11) is 3.32. The van der Waals surface area contributed by atoms with Crippen LogP contribution in [0.5, 0.6) is 0 Å². The molecule has 92 valence electrons. The Morgan fingerprint density at radius 2 is 1.88 bits per heavy atom. The summed E-state index contributed by atoms with van der Waals surface area (Å²) in [5, 5.41) is 2.62. The molecule has 17 heavy (non-hydrogen) atoms. The van der Waals surface area contributed by atoms with E-state index >= 15 is 0 Å². The normalized spacial score (nSPS) is 9.88. The van der Waals surface area contributed by atoms with Crippen LogP contribution in [-0.2, 0) is 4.79 Å². The fraction of sp³-hybridized carbons (Fsp3) is 0.385. The largest absolute Gasteiger partial charge is 0.347 e. The van der Waals surface area contributed by atoms with E-state index < -0.39 is 0 Å². The maximum absolute atomic E-state index is 11.9. The Labute approximate surface area is 102 Å². The number of aryl methyl sites for hydroxylation is 2. The van der Waals surface area contributed by atoms with Crippen LogP contribution in [0.15, 0.2) is 18.2 Å². The standard InChI is InChI=1S/C13H18N2O2/c1-9-5-6-10(2)11(7-9)13(17)14-8-12(16)15(3)4/h5-7H,8H2,1-4H3,(H,14,17). The molecule has 0 bridgehead atoms. The van der Waals surface area contributed by atoms with E-state index in [1.807, 2.05) is 32.0 Å². The molecule has 0 atom stereocenters. The highest BCUT2D eigenvalue weighted by molar-refractivity contribution is 5.97. The Morgan fingerprint density at radius 3 is 2.47 bits per heavy atom. The fourth-order valence-electron chi connectivity index (χ4n) is 1.39. The second-order valence-electron chi connectivity index (χ2n) is 4.29. The third-order valence-corrected chi connectivity index (χ3v) is 2.54. The summed E-state index contributed by atoms with van der Waals surface area (Å²) in [6.07, 6.45) is 0. The fourth-order valence-corrected chi connectivity index (χ4v) is 1.39. The van der Waals surface area contributed by atoms with Gasteiger partial charge in [0, 0.05) is 19.7 Å². The van der Waals surface area contributed by atoms with Gasteiger partial charge in [0.1, 0.15) is 0 Å². The first kappa shape index (κ1) is 13.2. The summed E-state index contributed by atoms with van der Waals surface area (Å²) in [6.45, 7) is 3.84. The van der Waals surface area contributed by atoms with Crippen LogP contribution in [0.1, 0.15) is 21.5 Å². The molecule has 0 spiro atoms. The average molecular weight is 234 g/mol. The number of benzene rings is 1. The molecule has 1 rings (SSSR count). The first-order valence-electron chi connectivity index (χ1n) is 5.47. The number of nitrogens with one attached hydrogen (secondary N) is 1. The minimum atomic E-state index is -0.207. The van der Waals surface area contributed by atoms with E-state index in [-0.39, 0.29) is 18.4 Å². The molecule has 1 aromatic rings. The molecule has 0 aliphatic heterocycles. The van der Waals surface area contributed by atoms with Crippen molar-refractivity contribution in [1.82, 2.24) is 10.2 Å². The smallest absolute Gasteiger partial charge is 0.251 e. The van der Waals surface area contributed by atoms with E-state index in [1.165, 1.54) is 4.90 Å². The number of rotatable bonds is 3. The van der Waals surface area contributed by atoms with Crippen LogP contribution in [0.2, 0.25) is 0 Å². The summed E-state index contributed by atoms with van der Waals surface area (Å²) >= 11 is 0. The predicted octanol–water partition coefficient (Wildman–Crippen LogP) is 1.12. The van der Waals surface area contributed by atoms with Gasteiger partial charge in [-0.15, -0.1) is 0 Å². The number of likely N-dealkylation sites (N-methyl/N-ethyl adjacent to an activating group) is 1. The first-order chi connectivity index (χ1) is 7.91. The maximum Gasteiger partial charge on any atom is 0.251 e. The predicted molar refractivity (Wildman–Crippen MR) is 66.9 cm³/mol. The van der Waals surface area contributed by atoms with Gasteiger partial charge < -0.3 is 10.2 Å². The number of hydrogen-bond donors (Lipinski definition) is 1. The van der Waals surface area contributed by atoms with Crippen LogP contribution in [-0.4, -0.2) is 37.4 Å². The van der Waals surface area contributed by atoms with Crippen molar-refractivity contribution in [2.75, 3.05) is 20.6 Å². The minimum absolute atomic E-state index is 0.0270. The van der Waals surface area contributed by atoms with Gasteiger partial charge in [-0.25, -0.2) is 0 Å². The van der Waals surface area contributed by atoms with Gasteiger partial charge in [-0.1, -0.05) is 17.7 Å². The summed E-state index contributed by atoms with van der Waals surface area (Å²) in [4.78, 5) is 24.7. The maximum atomic E-state index is 11.9. The lowest BCUT2D eigenvalue weighted by Crippen LogP contribution is -2.36. The average Bonchev–Trinajstić information content (AvgIpc) is 2.28. The van der Waals surface area contributed by atoms with Gasteiger partial charge in [-0.3, -0.25) is 9.59 Å². The van der Waals surface area contributed by atoms with E-state index in [2.05, 4.69) is 5.32 Å². The van der Waals surface area contributed by atoms with Crippen LogP contribution in [0.25, 0.3) is 0 Å². The Hall–Kier alpha value is -1.84. The van der Waals surface area contributed by atoms with E-state index in [4.69, 9.17) is 0 Å². The molecule has 0 radical (unpaired) electrons. The van der Waals surface area contributed by atoms with Gasteiger partial charge in [0.25, 0.3) is 5.91 Å². The molecular formula is C13H18N2O2. The van der Waals surface area contributed by atoms with E-state index in [0.29, 0.717) is 5.56 Å². The van der Waals surface area contributed by atoms with E-state index in [0.717, 1.165) is 11.1 Å². The highest BCUT2D eigenvalue weighted by Crippen LogP contribution is 2.10. The molecule has 0 saturated carbocycles. The highest BCUT2D eigenvalue weighted by Gasteiger charge is 2.11. The van der Waals surface area contributed by atoms with Crippen molar-refractivity contribution >= 4 is 11.8 Å². The molecule has 0 aliphatic carbocycles. The lowest BCUT2D eigenvalue weighted by molar-refractivity contribution is -0.127. The molecule has 4 heteroatoms. The van der Waals surface area contributed by atoms with Crippen molar-refractivity contribution in [3.63, 3.8) is 0 Å². The third kappa shape index (κ3) is 3.59. The minimum Gasteiger partial charge on any atom is -0.347 e. The SMILES string of the molecule is Cc1ccc(C)c(C(=O)NCC(=O)N(C)C)c1. The molecule has 0 fully saturated rings. The first-order valence-corrected chi connectivity index (χ1v) is 5.47. The zero-order valence-electron chi connectivity index (χ0n) is 10.7. The van der Waals surface area contributed by atoms with Gasteiger partial charge in [-0.05, 0) is 25.5 Å². The van der Waals surface area contributed by atoms with Crippen molar-refractivity contribution in [1.29, 1.82) is 0 Å². The Morgan fingerprint density at radius 1 is 1.24 bits per heavy atom. The molecule has 2 amide bonds. The van der Waals surface area contributed by atoms with Crippen LogP contribution in [0.4, 0.5) is 0 Å². The highest BCUT2D eigenvalue weighted by atomic mass is 16.2. The van der Waals surface area contributed by atoms with Gasteiger partial charge in [-0.2, -0.15) is 0 Å². The van der Waals surface area contributed by atoms with Gasteiger partial charge >= 0.3 is 0 Å². The molecule has 4 nitrogen and oxygen atoms in total. The van der Waals surface area contributed by atoms with Crippen LogP contribution in [0, 0.1) is 13.8 Å². The van der Waals surface area contributed by atoms with Crippen molar-refractivity contribution in [3.8, 4) is 0 Å². The zero-order valence-corrected chi connectivity index (χ0v) is 10.7. The van der Waals surface area contributed by atoms with Crippen molar-refractivity contribution in [3.05, 3.63) is 34.9 Å². The molecular weight excluding hydrogens is 216 g/mol. The van der Waals surface area contributed by atoms with Crippen LogP contribution >= 0.6 is 0 Å². The van der Waals surface area contributed by atoms with Crippen molar-refractivity contribution in [2.24, 2.45) is 0 Å². The Bertz CT molecular complexity index is 439. The number of hydrogen-bond acceptors (Lipinski definition) is 2. The topological polar surface area (TPSA) is 49.4 Å². The van der Waals surface area contributed by atoms with E-state index in [1.54, 1.807) is 14.1 Å². The molecule has 0 heterocycles. The summed E-state index contributed by atoms with van der Waals surface area (Å²) in [5.74, 6) is -0.329. The molecule has 1 N–H and O–H groups in total. The molecule has 0 unspecified atom stereocenters. The van der Waals surface area contributed by atoms with Crippen LogP contribution in [0.3, 0.4) is 0 Å². The summed E-state index contributed by atoms with van der Waals surface area (Å²) < 4.78 is 0. The second kappa shape index (κ2) is 5.48.